The third-order valence-electron chi connectivity index (χ3n) is 1.37. The Hall–Kier alpha value is -0.150. The van der Waals surface area contributed by atoms with Gasteiger partial charge < -0.3 is 0 Å². The molecule has 11 heavy (non-hydrogen) atoms. The molecule has 0 bridgehead atoms. The first-order valence-corrected chi connectivity index (χ1v) is 5.37. The zero-order valence-corrected chi connectivity index (χ0v) is 7.67. The number of benzene rings is 1. The Labute approximate surface area is 75.0 Å². The number of thiol groups is 1. The summed E-state index contributed by atoms with van der Waals surface area (Å²) in [5.41, 5.74) is 1.03. The van der Waals surface area contributed by atoms with Crippen molar-refractivity contribution in [2.45, 2.75) is 6.42 Å². The maximum Gasteiger partial charge on any atom is 0.123 e. The Bertz CT molecular complexity index is 225. The summed E-state index contributed by atoms with van der Waals surface area (Å²) in [5, 5.41) is 0. The third-order valence-corrected chi connectivity index (χ3v) is 2.31. The van der Waals surface area contributed by atoms with E-state index in [4.69, 9.17) is 0 Å². The molecule has 0 aliphatic rings. The monoisotopic (exact) mass is 188 g/mol. The molecule has 60 valence electrons. The van der Waals surface area contributed by atoms with E-state index in [1.54, 1.807) is 12.1 Å². The van der Waals surface area contributed by atoms with Crippen LogP contribution in [0.3, 0.4) is 0 Å². The van der Waals surface area contributed by atoms with E-state index >= 15 is 0 Å². The van der Waals surface area contributed by atoms with Crippen LogP contribution in [-0.4, -0.2) is 5.75 Å². The van der Waals surface area contributed by atoms with Crippen LogP contribution >= 0.6 is 22.5 Å². The number of aryl methyl sites for hydroxylation is 1. The highest BCUT2D eigenvalue weighted by molar-refractivity contribution is 8.68. The maximum absolute atomic E-state index is 12.6. The van der Waals surface area contributed by atoms with E-state index in [-0.39, 0.29) is 5.82 Å². The van der Waals surface area contributed by atoms with Crippen molar-refractivity contribution in [3.63, 3.8) is 0 Å². The van der Waals surface area contributed by atoms with Crippen LogP contribution in [0, 0.1) is 5.82 Å². The summed E-state index contributed by atoms with van der Waals surface area (Å²) in [6, 6.07) is 6.67. The number of hydrogen-bond acceptors (Lipinski definition) is 2. The maximum atomic E-state index is 12.6. The summed E-state index contributed by atoms with van der Waals surface area (Å²) in [5.74, 6) is 0.763. The fraction of sp³-hybridized carbons (Fsp3) is 0.250. The average molecular weight is 188 g/mol. The second kappa shape index (κ2) is 4.67. The summed E-state index contributed by atoms with van der Waals surface area (Å²) >= 11 is 4.00. The molecule has 0 atom stereocenters. The van der Waals surface area contributed by atoms with Gasteiger partial charge in [0.25, 0.3) is 0 Å². The highest BCUT2D eigenvalue weighted by Crippen LogP contribution is 2.10. The van der Waals surface area contributed by atoms with E-state index < -0.39 is 0 Å². The fourth-order valence-corrected chi connectivity index (χ4v) is 1.46. The molecule has 0 aliphatic heterocycles. The van der Waals surface area contributed by atoms with Gasteiger partial charge in [-0.05, 0) is 24.1 Å². The van der Waals surface area contributed by atoms with Crippen LogP contribution in [0.25, 0.3) is 0 Å². The first-order valence-electron chi connectivity index (χ1n) is 3.34. The van der Waals surface area contributed by atoms with Crippen molar-refractivity contribution in [1.29, 1.82) is 0 Å². The van der Waals surface area contributed by atoms with Gasteiger partial charge in [-0.3, -0.25) is 0 Å². The highest BCUT2D eigenvalue weighted by Gasteiger charge is 1.93. The van der Waals surface area contributed by atoms with Crippen molar-refractivity contribution in [3.8, 4) is 0 Å². The molecule has 0 saturated heterocycles. The summed E-state index contributed by atoms with van der Waals surface area (Å²) in [6.45, 7) is 0. The van der Waals surface area contributed by atoms with E-state index in [0.717, 1.165) is 17.7 Å². The molecule has 1 aromatic rings. The number of hydrogen-bond donors (Lipinski definition) is 1. The van der Waals surface area contributed by atoms with E-state index in [2.05, 4.69) is 11.7 Å². The van der Waals surface area contributed by atoms with Gasteiger partial charge in [0.05, 0.1) is 0 Å². The first-order chi connectivity index (χ1) is 5.33. The lowest BCUT2D eigenvalue weighted by atomic mass is 10.2. The Kier molecular flexibility index (Phi) is 3.80. The van der Waals surface area contributed by atoms with Gasteiger partial charge in [0.2, 0.25) is 0 Å². The van der Waals surface area contributed by atoms with Crippen molar-refractivity contribution in [3.05, 3.63) is 35.6 Å². The Morgan fingerprint density at radius 2 is 2.27 bits per heavy atom. The fourth-order valence-electron chi connectivity index (χ4n) is 0.856. The molecule has 0 aromatic heterocycles. The van der Waals surface area contributed by atoms with Crippen molar-refractivity contribution < 1.29 is 4.39 Å². The standard InChI is InChI=1S/C8H9FS2/c9-8-3-1-2-7(6-8)4-5-11-10/h1-3,6,10H,4-5H2. The lowest BCUT2D eigenvalue weighted by Crippen LogP contribution is -1.87. The van der Waals surface area contributed by atoms with Gasteiger partial charge in [0.15, 0.2) is 0 Å². The molecule has 1 aromatic carbocycles. The van der Waals surface area contributed by atoms with Crippen LogP contribution in [0.4, 0.5) is 4.39 Å². The predicted molar refractivity (Wildman–Crippen MR) is 51.5 cm³/mol. The van der Waals surface area contributed by atoms with Gasteiger partial charge in [0, 0.05) is 5.75 Å². The smallest absolute Gasteiger partial charge is 0.123 e. The molecule has 3 heteroatoms. The Morgan fingerprint density at radius 1 is 1.45 bits per heavy atom. The van der Waals surface area contributed by atoms with Crippen molar-refractivity contribution >= 4 is 22.5 Å². The van der Waals surface area contributed by atoms with Gasteiger partial charge in [-0.2, -0.15) is 0 Å². The molecule has 0 nitrogen and oxygen atoms in total. The molecule has 0 heterocycles. The summed E-state index contributed by atoms with van der Waals surface area (Å²) in [7, 11) is 1.47. The number of halogens is 1. The molecule has 0 saturated carbocycles. The van der Waals surface area contributed by atoms with Gasteiger partial charge >= 0.3 is 0 Å². The van der Waals surface area contributed by atoms with Gasteiger partial charge in [-0.1, -0.05) is 22.9 Å². The normalized spacial score (nSPS) is 10.0. The van der Waals surface area contributed by atoms with Crippen LogP contribution in [0.5, 0.6) is 0 Å². The predicted octanol–water partition coefficient (Wildman–Crippen LogP) is 2.95. The molecule has 0 spiro atoms. The van der Waals surface area contributed by atoms with Crippen molar-refractivity contribution in [2.24, 2.45) is 0 Å². The average Bonchev–Trinajstić information content (AvgIpc) is 2.01. The SMILES string of the molecule is Fc1cccc(CCSS)c1. The van der Waals surface area contributed by atoms with Crippen LogP contribution in [-0.2, 0) is 6.42 Å². The first kappa shape index (κ1) is 8.94. The van der Waals surface area contributed by atoms with Crippen LogP contribution < -0.4 is 0 Å². The van der Waals surface area contributed by atoms with Gasteiger partial charge in [-0.25, -0.2) is 4.39 Å². The second-order valence-corrected chi connectivity index (χ2v) is 3.65. The molecule has 0 N–H and O–H groups in total. The molecule has 0 aliphatic carbocycles. The number of rotatable bonds is 3. The lowest BCUT2D eigenvalue weighted by Gasteiger charge is -1.97. The largest absolute Gasteiger partial charge is 0.207 e. The summed E-state index contributed by atoms with van der Waals surface area (Å²) < 4.78 is 12.6. The second-order valence-electron chi connectivity index (χ2n) is 2.21. The molecular weight excluding hydrogens is 179 g/mol. The highest BCUT2D eigenvalue weighted by atomic mass is 33.1. The van der Waals surface area contributed by atoms with Crippen molar-refractivity contribution in [2.75, 3.05) is 5.75 Å². The van der Waals surface area contributed by atoms with Crippen LogP contribution in [0.1, 0.15) is 5.56 Å². The Balaban J connectivity index is 2.56. The minimum absolute atomic E-state index is 0.160. The van der Waals surface area contributed by atoms with E-state index in [1.165, 1.54) is 16.9 Å². The van der Waals surface area contributed by atoms with E-state index in [1.807, 2.05) is 6.07 Å². The van der Waals surface area contributed by atoms with Crippen LogP contribution in [0.2, 0.25) is 0 Å². The minimum atomic E-state index is -0.160. The lowest BCUT2D eigenvalue weighted by molar-refractivity contribution is 0.626. The molecule has 0 fully saturated rings. The summed E-state index contributed by atoms with van der Waals surface area (Å²) in [4.78, 5) is 0. The minimum Gasteiger partial charge on any atom is -0.207 e. The Morgan fingerprint density at radius 3 is 2.91 bits per heavy atom. The van der Waals surface area contributed by atoms with E-state index in [9.17, 15) is 4.39 Å². The molecule has 1 rings (SSSR count). The van der Waals surface area contributed by atoms with Crippen LogP contribution in [0.15, 0.2) is 24.3 Å². The molecule has 0 unspecified atom stereocenters. The summed E-state index contributed by atoms with van der Waals surface area (Å²) in [6.07, 6.45) is 0.881. The zero-order chi connectivity index (χ0) is 8.10. The topological polar surface area (TPSA) is 0 Å². The molecular formula is C8H9FS2. The van der Waals surface area contributed by atoms with Crippen molar-refractivity contribution in [1.82, 2.24) is 0 Å². The molecule has 0 radical (unpaired) electrons. The van der Waals surface area contributed by atoms with E-state index in [0.29, 0.717) is 0 Å². The zero-order valence-electron chi connectivity index (χ0n) is 5.96. The third kappa shape index (κ3) is 3.16. The van der Waals surface area contributed by atoms with Gasteiger partial charge in [-0.15, -0.1) is 11.7 Å². The quantitative estimate of drug-likeness (QED) is 0.562. The van der Waals surface area contributed by atoms with Gasteiger partial charge in [0.1, 0.15) is 5.82 Å². The molecule has 0 amide bonds.